The molecule has 0 amide bonds. The molecule has 33 heavy (non-hydrogen) atoms. The molecule has 4 saturated carbocycles. The summed E-state index contributed by atoms with van der Waals surface area (Å²) in [7, 11) is 0. The van der Waals surface area contributed by atoms with Gasteiger partial charge in [0, 0.05) is 0 Å². The van der Waals surface area contributed by atoms with Crippen molar-refractivity contribution in [2.75, 3.05) is 0 Å². The molecule has 1 unspecified atom stereocenters. The smallest absolute Gasteiger partial charge is 0.312 e. The number of rotatable bonds is 1. The lowest BCUT2D eigenvalue weighted by atomic mass is 9.33. The third-order valence-electron chi connectivity index (χ3n) is 13.5. The second kappa shape index (κ2) is 7.11. The van der Waals surface area contributed by atoms with Crippen LogP contribution < -0.4 is 0 Å². The Kier molecular flexibility index (Phi) is 5.15. The first kappa shape index (κ1) is 23.9. The van der Waals surface area contributed by atoms with Crippen molar-refractivity contribution < 1.29 is 15.0 Å². The minimum Gasteiger partial charge on any atom is -0.481 e. The van der Waals surface area contributed by atoms with Crippen molar-refractivity contribution in [3.05, 3.63) is 11.6 Å². The van der Waals surface area contributed by atoms with Crippen LogP contribution in [0.3, 0.4) is 0 Å². The molecule has 0 aliphatic heterocycles. The second-order valence-electron chi connectivity index (χ2n) is 14.4. The number of carboxylic acids is 1. The van der Waals surface area contributed by atoms with E-state index in [0.29, 0.717) is 23.7 Å². The monoisotopic (exact) mass is 456 g/mol. The third-order valence-corrected chi connectivity index (χ3v) is 13.5. The van der Waals surface area contributed by atoms with E-state index >= 15 is 0 Å². The van der Waals surface area contributed by atoms with E-state index in [1.165, 1.54) is 25.7 Å². The molecule has 0 saturated heterocycles. The molecule has 3 nitrogen and oxygen atoms in total. The first-order valence-electron chi connectivity index (χ1n) is 13.9. The van der Waals surface area contributed by atoms with E-state index in [-0.39, 0.29) is 22.2 Å². The summed E-state index contributed by atoms with van der Waals surface area (Å²) in [5.74, 6) is 1.96. The van der Waals surface area contributed by atoms with Crippen LogP contribution in [0.15, 0.2) is 11.6 Å². The minimum absolute atomic E-state index is 0.0311. The Morgan fingerprint density at radius 1 is 0.909 bits per heavy atom. The van der Waals surface area contributed by atoms with Gasteiger partial charge in [-0.3, -0.25) is 4.79 Å². The van der Waals surface area contributed by atoms with Gasteiger partial charge in [0.05, 0.1) is 11.5 Å². The van der Waals surface area contributed by atoms with Crippen molar-refractivity contribution in [3.8, 4) is 0 Å². The van der Waals surface area contributed by atoms with E-state index in [4.69, 9.17) is 0 Å². The molecule has 5 aliphatic carbocycles. The van der Waals surface area contributed by atoms with Crippen molar-refractivity contribution in [1.29, 1.82) is 0 Å². The zero-order valence-electron chi connectivity index (χ0n) is 22.2. The predicted octanol–water partition coefficient (Wildman–Crippen LogP) is 7.09. The number of carboxylic acid groups (broad SMARTS) is 1. The maximum absolute atomic E-state index is 12.5. The van der Waals surface area contributed by atoms with Crippen molar-refractivity contribution >= 4 is 5.97 Å². The highest BCUT2D eigenvalue weighted by Gasteiger charge is 2.69. The second-order valence-corrected chi connectivity index (χ2v) is 14.4. The van der Waals surface area contributed by atoms with Crippen LogP contribution in [-0.4, -0.2) is 22.3 Å². The molecule has 2 N–H and O–H groups in total. The number of aliphatic hydroxyl groups is 1. The molecule has 186 valence electrons. The molecule has 0 bridgehead atoms. The maximum atomic E-state index is 12.5. The lowest BCUT2D eigenvalue weighted by Crippen LogP contribution is -2.66. The molecule has 0 spiro atoms. The predicted molar refractivity (Wildman–Crippen MR) is 133 cm³/mol. The number of fused-ring (bicyclic) bond motifs is 7. The quantitative estimate of drug-likeness (QED) is 0.414. The molecule has 0 aromatic heterocycles. The molecule has 0 radical (unpaired) electrons. The maximum Gasteiger partial charge on any atom is 0.312 e. The Labute approximate surface area is 201 Å². The van der Waals surface area contributed by atoms with Crippen LogP contribution in [0.2, 0.25) is 0 Å². The summed E-state index contributed by atoms with van der Waals surface area (Å²) >= 11 is 0. The number of hydrogen-bond acceptors (Lipinski definition) is 2. The van der Waals surface area contributed by atoms with Gasteiger partial charge in [-0.1, -0.05) is 53.2 Å². The van der Waals surface area contributed by atoms with E-state index in [2.05, 4.69) is 47.6 Å². The SMILES string of the molecule is C[C@H]1[C@H](C)CC[C@]2(C)CC[C@]3(C)C(=CC[C@@H]4[C@@]5(C)CC[C@@H](O)C(C)(C(=O)O)[C@@H]5CC[C@]43C)[C@H]12. The average molecular weight is 457 g/mol. The van der Waals surface area contributed by atoms with Crippen molar-refractivity contribution in [3.63, 3.8) is 0 Å². The average Bonchev–Trinajstić information content (AvgIpc) is 2.75. The summed E-state index contributed by atoms with van der Waals surface area (Å²) in [5, 5.41) is 21.1. The minimum atomic E-state index is -1.03. The molecular formula is C30H48O3. The fraction of sp³-hybridized carbons (Fsp3) is 0.900. The summed E-state index contributed by atoms with van der Waals surface area (Å²) in [4.78, 5) is 12.5. The summed E-state index contributed by atoms with van der Waals surface area (Å²) in [6, 6.07) is 0. The van der Waals surface area contributed by atoms with Gasteiger partial charge < -0.3 is 10.2 Å². The zero-order chi connectivity index (χ0) is 24.2. The van der Waals surface area contributed by atoms with E-state index in [9.17, 15) is 15.0 Å². The summed E-state index contributed by atoms with van der Waals surface area (Å²) < 4.78 is 0. The molecule has 0 aromatic carbocycles. The van der Waals surface area contributed by atoms with E-state index in [1.807, 2.05) is 6.92 Å². The molecule has 3 heteroatoms. The Hall–Kier alpha value is -0.830. The normalized spacial score (nSPS) is 58.2. The fourth-order valence-corrected chi connectivity index (χ4v) is 10.8. The topological polar surface area (TPSA) is 57.5 Å². The van der Waals surface area contributed by atoms with Crippen molar-refractivity contribution in [2.24, 2.45) is 56.7 Å². The zero-order valence-corrected chi connectivity index (χ0v) is 22.2. The van der Waals surface area contributed by atoms with Gasteiger partial charge in [0.15, 0.2) is 0 Å². The van der Waals surface area contributed by atoms with Crippen molar-refractivity contribution in [2.45, 2.75) is 112 Å². The summed E-state index contributed by atoms with van der Waals surface area (Å²) in [6.07, 6.45) is 12.0. The van der Waals surface area contributed by atoms with Gasteiger partial charge in [0.1, 0.15) is 0 Å². The molecule has 11 atom stereocenters. The third kappa shape index (κ3) is 2.75. The highest BCUT2D eigenvalue weighted by molar-refractivity contribution is 5.76. The molecule has 4 fully saturated rings. The molecule has 0 heterocycles. The number of carbonyl (C=O) groups is 1. The van der Waals surface area contributed by atoms with Gasteiger partial charge >= 0.3 is 5.97 Å². The largest absolute Gasteiger partial charge is 0.481 e. The highest BCUT2D eigenvalue weighted by atomic mass is 16.4. The van der Waals surface area contributed by atoms with Crippen LogP contribution in [0.5, 0.6) is 0 Å². The Bertz CT molecular complexity index is 878. The van der Waals surface area contributed by atoms with Gasteiger partial charge in [-0.15, -0.1) is 0 Å². The van der Waals surface area contributed by atoms with Gasteiger partial charge in [-0.2, -0.15) is 0 Å². The van der Waals surface area contributed by atoms with Crippen molar-refractivity contribution in [1.82, 2.24) is 0 Å². The van der Waals surface area contributed by atoms with Gasteiger partial charge in [0.2, 0.25) is 0 Å². The Morgan fingerprint density at radius 3 is 2.27 bits per heavy atom. The molecule has 5 aliphatic rings. The van der Waals surface area contributed by atoms with Crippen LogP contribution in [0.25, 0.3) is 0 Å². The van der Waals surface area contributed by atoms with Crippen LogP contribution in [0, 0.1) is 56.7 Å². The van der Waals surface area contributed by atoms with Crippen LogP contribution in [0.1, 0.15) is 106 Å². The van der Waals surface area contributed by atoms with E-state index in [1.54, 1.807) is 5.57 Å². The van der Waals surface area contributed by atoms with Crippen LogP contribution >= 0.6 is 0 Å². The van der Waals surface area contributed by atoms with Gasteiger partial charge in [-0.05, 0) is 116 Å². The van der Waals surface area contributed by atoms with Gasteiger partial charge in [-0.25, -0.2) is 0 Å². The lowest BCUT2D eigenvalue weighted by molar-refractivity contribution is -0.217. The number of aliphatic hydroxyl groups excluding tert-OH is 1. The van der Waals surface area contributed by atoms with E-state index < -0.39 is 17.5 Å². The molecule has 0 aromatic rings. The van der Waals surface area contributed by atoms with Crippen LogP contribution in [-0.2, 0) is 4.79 Å². The van der Waals surface area contributed by atoms with Crippen LogP contribution in [0.4, 0.5) is 0 Å². The fourth-order valence-electron chi connectivity index (χ4n) is 10.8. The first-order valence-corrected chi connectivity index (χ1v) is 13.9. The molecule has 5 rings (SSSR count). The van der Waals surface area contributed by atoms with E-state index in [0.717, 1.165) is 37.5 Å². The number of hydrogen-bond donors (Lipinski definition) is 2. The molecular weight excluding hydrogens is 408 g/mol. The highest BCUT2D eigenvalue weighted by Crippen LogP contribution is 2.75. The summed E-state index contributed by atoms with van der Waals surface area (Å²) in [6.45, 7) is 17.0. The first-order chi connectivity index (χ1) is 15.3. The standard InChI is InChI=1S/C30H48O3/c1-18-10-13-26(3)16-17-28(5)20(24(26)19(18)2)8-9-21-27(4)14-12-23(31)30(7,25(32)33)22(27)11-15-29(21,28)6/h8,18-19,21-24,31H,9-17H2,1-7H3,(H,32,33)/t18-,19+,21-,22-,23-,24+,26-,27-,28-,29-,30?/m1/s1. The Morgan fingerprint density at radius 2 is 1.61 bits per heavy atom. The summed E-state index contributed by atoms with van der Waals surface area (Å²) in [5.41, 5.74) is 1.56. The Balaban J connectivity index is 1.60. The lowest BCUT2D eigenvalue weighted by Gasteiger charge is -2.71. The number of allylic oxidation sites excluding steroid dienone is 2. The number of aliphatic carboxylic acids is 1. The van der Waals surface area contributed by atoms with Gasteiger partial charge in [0.25, 0.3) is 0 Å².